The van der Waals surface area contributed by atoms with Gasteiger partial charge in [-0.1, -0.05) is 6.92 Å². The van der Waals surface area contributed by atoms with Crippen LogP contribution in [0.2, 0.25) is 0 Å². The lowest BCUT2D eigenvalue weighted by molar-refractivity contribution is -0.0663. The molecule has 8 heteroatoms. The summed E-state index contributed by atoms with van der Waals surface area (Å²) in [6.07, 6.45) is 7.59. The van der Waals surface area contributed by atoms with Crippen molar-refractivity contribution < 1.29 is 9.18 Å². The lowest BCUT2D eigenvalue weighted by Gasteiger charge is -2.59. The summed E-state index contributed by atoms with van der Waals surface area (Å²) in [4.78, 5) is 22.1. The molecule has 4 heterocycles. The first kappa shape index (κ1) is 20.4. The van der Waals surface area contributed by atoms with Crippen molar-refractivity contribution in [3.8, 4) is 0 Å². The van der Waals surface area contributed by atoms with Crippen LogP contribution in [0.15, 0.2) is 12.3 Å². The van der Waals surface area contributed by atoms with Gasteiger partial charge in [0.15, 0.2) is 5.65 Å². The van der Waals surface area contributed by atoms with Crippen LogP contribution in [0, 0.1) is 18.3 Å². The highest BCUT2D eigenvalue weighted by molar-refractivity contribution is 5.91. The Labute approximate surface area is 188 Å². The molecule has 1 spiro atoms. The van der Waals surface area contributed by atoms with E-state index in [2.05, 4.69) is 38.2 Å². The van der Waals surface area contributed by atoms with Crippen LogP contribution in [0.25, 0.3) is 5.65 Å². The van der Waals surface area contributed by atoms with Crippen LogP contribution in [-0.2, 0) is 0 Å². The lowest BCUT2D eigenvalue weighted by atomic mass is 9.52. The van der Waals surface area contributed by atoms with Gasteiger partial charge in [0.25, 0.3) is 5.91 Å². The molecule has 0 radical (unpaired) electrons. The Morgan fingerprint density at radius 2 is 2.00 bits per heavy atom. The van der Waals surface area contributed by atoms with Crippen molar-refractivity contribution in [1.82, 2.24) is 24.8 Å². The fourth-order valence-corrected chi connectivity index (χ4v) is 6.51. The Bertz CT molecular complexity index is 1040. The van der Waals surface area contributed by atoms with Gasteiger partial charge in [0.1, 0.15) is 6.17 Å². The standard InChI is InChI=1S/C24H33FN6O/c1-15-3-5-29(12-15)19-7-16(2)22-27-21(28-31(22)14-19)23(32)26-18-8-24(9-18)10-20(11-24)30-6-4-17(25)13-30/h7,14-15,17-18,20H,3-6,8-13H2,1-2H3,(H,26,32). The predicted molar refractivity (Wildman–Crippen MR) is 121 cm³/mol. The first-order valence-electron chi connectivity index (χ1n) is 12.2. The second-order valence-electron chi connectivity index (χ2n) is 10.9. The average molecular weight is 441 g/mol. The second kappa shape index (κ2) is 7.40. The van der Waals surface area contributed by atoms with Gasteiger partial charge in [-0.3, -0.25) is 9.69 Å². The molecule has 172 valence electrons. The highest BCUT2D eigenvalue weighted by Gasteiger charge is 2.55. The van der Waals surface area contributed by atoms with E-state index >= 15 is 0 Å². The molecule has 7 nitrogen and oxygen atoms in total. The van der Waals surface area contributed by atoms with Crippen LogP contribution in [0.4, 0.5) is 10.1 Å². The number of aryl methyl sites for hydroxylation is 1. The van der Waals surface area contributed by atoms with Gasteiger partial charge < -0.3 is 10.2 Å². The number of nitrogens with one attached hydrogen (secondary N) is 1. The summed E-state index contributed by atoms with van der Waals surface area (Å²) >= 11 is 0. The number of amides is 1. The third-order valence-corrected chi connectivity index (χ3v) is 8.30. The van der Waals surface area contributed by atoms with Crippen LogP contribution in [0.3, 0.4) is 0 Å². The van der Waals surface area contributed by atoms with E-state index in [1.54, 1.807) is 4.52 Å². The average Bonchev–Trinajstić information content (AvgIpc) is 3.42. The highest BCUT2D eigenvalue weighted by Crippen LogP contribution is 2.57. The number of aromatic nitrogens is 3. The van der Waals surface area contributed by atoms with Gasteiger partial charge in [-0.15, -0.1) is 5.10 Å². The molecular weight excluding hydrogens is 407 g/mol. The van der Waals surface area contributed by atoms with Crippen LogP contribution in [0.1, 0.15) is 61.6 Å². The van der Waals surface area contributed by atoms with E-state index in [9.17, 15) is 9.18 Å². The second-order valence-corrected chi connectivity index (χ2v) is 10.9. The Morgan fingerprint density at radius 1 is 1.19 bits per heavy atom. The molecular formula is C24H33FN6O. The van der Waals surface area contributed by atoms with Gasteiger partial charge in [-0.2, -0.15) is 0 Å². The van der Waals surface area contributed by atoms with Crippen molar-refractivity contribution >= 4 is 17.2 Å². The maximum atomic E-state index is 13.5. The van der Waals surface area contributed by atoms with E-state index in [4.69, 9.17) is 0 Å². The lowest BCUT2D eigenvalue weighted by Crippen LogP contribution is -2.61. The Kier molecular flexibility index (Phi) is 4.72. The predicted octanol–water partition coefficient (Wildman–Crippen LogP) is 2.97. The molecule has 2 aliphatic heterocycles. The number of halogens is 1. The summed E-state index contributed by atoms with van der Waals surface area (Å²) in [6, 6.07) is 2.89. The maximum absolute atomic E-state index is 13.5. The fraction of sp³-hybridized carbons (Fsp3) is 0.708. The SMILES string of the molecule is Cc1cc(N2CCC(C)C2)cn2nc(C(=O)NC3CC4(C3)CC(N3CCC(F)C3)C4)nc12. The number of nitrogens with zero attached hydrogens (tertiary/aromatic N) is 5. The summed E-state index contributed by atoms with van der Waals surface area (Å²) in [5.74, 6) is 0.772. The number of hydrogen-bond donors (Lipinski definition) is 1. The number of anilines is 1. The zero-order chi connectivity index (χ0) is 22.0. The van der Waals surface area contributed by atoms with Gasteiger partial charge in [-0.25, -0.2) is 13.9 Å². The van der Waals surface area contributed by atoms with Crippen molar-refractivity contribution in [2.45, 2.75) is 70.6 Å². The van der Waals surface area contributed by atoms with Gasteiger partial charge >= 0.3 is 0 Å². The largest absolute Gasteiger partial charge is 0.370 e. The van der Waals surface area contributed by atoms with E-state index in [-0.39, 0.29) is 17.8 Å². The fourth-order valence-electron chi connectivity index (χ4n) is 6.51. The number of carbonyl (C=O) groups excluding carboxylic acids is 1. The molecule has 32 heavy (non-hydrogen) atoms. The van der Waals surface area contributed by atoms with Gasteiger partial charge in [0, 0.05) is 38.3 Å². The third-order valence-electron chi connectivity index (χ3n) is 8.30. The first-order valence-corrected chi connectivity index (χ1v) is 12.2. The molecule has 2 aromatic rings. The van der Waals surface area contributed by atoms with E-state index in [0.29, 0.717) is 30.3 Å². The number of hydrogen-bond acceptors (Lipinski definition) is 5. The number of fused-ring (bicyclic) bond motifs is 1. The molecule has 2 saturated heterocycles. The number of rotatable bonds is 4. The van der Waals surface area contributed by atoms with Crippen molar-refractivity contribution in [1.29, 1.82) is 0 Å². The maximum Gasteiger partial charge on any atom is 0.291 e. The Morgan fingerprint density at radius 3 is 2.69 bits per heavy atom. The topological polar surface area (TPSA) is 65.8 Å². The van der Waals surface area contributed by atoms with Gasteiger partial charge in [0.2, 0.25) is 5.82 Å². The molecule has 4 aliphatic rings. The highest BCUT2D eigenvalue weighted by atomic mass is 19.1. The van der Waals surface area contributed by atoms with E-state index < -0.39 is 6.17 Å². The van der Waals surface area contributed by atoms with Gasteiger partial charge in [-0.05, 0) is 68.4 Å². The quantitative estimate of drug-likeness (QED) is 0.792. The number of likely N-dealkylation sites (tertiary alicyclic amines) is 1. The Hall–Kier alpha value is -2.22. The molecule has 1 amide bonds. The molecule has 2 aromatic heterocycles. The number of carbonyl (C=O) groups is 1. The van der Waals surface area contributed by atoms with Crippen LogP contribution < -0.4 is 10.2 Å². The summed E-state index contributed by atoms with van der Waals surface area (Å²) in [5.41, 5.74) is 3.29. The first-order chi connectivity index (χ1) is 15.4. The van der Waals surface area contributed by atoms with Crippen LogP contribution >= 0.6 is 0 Å². The summed E-state index contributed by atoms with van der Waals surface area (Å²) in [7, 11) is 0. The third kappa shape index (κ3) is 3.47. The molecule has 2 aliphatic carbocycles. The molecule has 4 fully saturated rings. The molecule has 1 N–H and O–H groups in total. The number of pyridine rings is 1. The van der Waals surface area contributed by atoms with Crippen LogP contribution in [0.5, 0.6) is 0 Å². The van der Waals surface area contributed by atoms with Crippen molar-refractivity contribution in [2.24, 2.45) is 11.3 Å². The van der Waals surface area contributed by atoms with Crippen LogP contribution in [-0.4, -0.2) is 69.8 Å². The summed E-state index contributed by atoms with van der Waals surface area (Å²) < 4.78 is 15.2. The van der Waals surface area contributed by atoms with E-state index in [0.717, 1.165) is 62.2 Å². The minimum Gasteiger partial charge on any atom is -0.370 e. The zero-order valence-electron chi connectivity index (χ0n) is 19.1. The van der Waals surface area contributed by atoms with Gasteiger partial charge in [0.05, 0.1) is 11.9 Å². The van der Waals surface area contributed by atoms with Crippen molar-refractivity contribution in [2.75, 3.05) is 31.1 Å². The molecule has 6 rings (SSSR count). The summed E-state index contributed by atoms with van der Waals surface area (Å²) in [5, 5.41) is 7.64. The normalized spacial score (nSPS) is 34.8. The molecule has 0 aromatic carbocycles. The molecule has 2 atom stereocenters. The van der Waals surface area contributed by atoms with Crippen molar-refractivity contribution in [3.63, 3.8) is 0 Å². The van der Waals surface area contributed by atoms with Crippen molar-refractivity contribution in [3.05, 3.63) is 23.7 Å². The zero-order valence-corrected chi connectivity index (χ0v) is 19.1. The minimum atomic E-state index is -0.642. The smallest absolute Gasteiger partial charge is 0.291 e. The molecule has 0 bridgehead atoms. The van der Waals surface area contributed by atoms with E-state index in [1.807, 2.05) is 13.1 Å². The summed E-state index contributed by atoms with van der Waals surface area (Å²) in [6.45, 7) is 7.94. The molecule has 2 saturated carbocycles. The number of alkyl halides is 1. The monoisotopic (exact) mass is 440 g/mol. The Balaban J connectivity index is 1.07. The molecule has 2 unspecified atom stereocenters. The van der Waals surface area contributed by atoms with E-state index in [1.165, 1.54) is 6.42 Å². The minimum absolute atomic E-state index is 0.181.